The van der Waals surface area contributed by atoms with E-state index in [0.29, 0.717) is 0 Å². The molecule has 0 aliphatic carbocycles. The Morgan fingerprint density at radius 1 is 1.38 bits per heavy atom. The number of carbonyl (C=O) groups is 1. The number of halogens is 1. The van der Waals surface area contributed by atoms with Gasteiger partial charge in [0, 0.05) is 6.20 Å². The standard InChI is InChI=1S/C23H28ClN4O8P/c1-5-23(24)19(29)17(35-21(23)28-12-11-18(25)26-22(28)31)13-33-37(32,36-16-9-7-6-8-10-16)27-15(4)20(30)34-14(2)3/h1,6-12,14-15,17,19,21,29H,13H2,2-4H3,(H,27,32)(H2,25,26,31)/t15-,17+,19-,21+,23?,37?/m0/s1. The highest BCUT2D eigenvalue weighted by molar-refractivity contribution is 7.52. The first-order chi connectivity index (χ1) is 17.4. The highest BCUT2D eigenvalue weighted by Crippen LogP contribution is 2.48. The first-order valence-corrected chi connectivity index (χ1v) is 13.1. The summed E-state index contributed by atoms with van der Waals surface area (Å²) in [5.41, 5.74) is 4.73. The normalized spacial score (nSPS) is 25.7. The molecule has 2 heterocycles. The topological polar surface area (TPSA) is 164 Å². The molecule has 0 amide bonds. The van der Waals surface area contributed by atoms with Crippen LogP contribution >= 0.6 is 19.3 Å². The van der Waals surface area contributed by atoms with Crippen molar-refractivity contribution in [2.75, 3.05) is 12.3 Å². The monoisotopic (exact) mass is 554 g/mol. The quantitative estimate of drug-likeness (QED) is 0.170. The number of carbonyl (C=O) groups excluding carboxylic acids is 1. The summed E-state index contributed by atoms with van der Waals surface area (Å²) in [7, 11) is -4.27. The van der Waals surface area contributed by atoms with Gasteiger partial charge in [0.25, 0.3) is 0 Å². The summed E-state index contributed by atoms with van der Waals surface area (Å²) in [6, 6.07) is 8.35. The van der Waals surface area contributed by atoms with Crippen molar-refractivity contribution in [3.63, 3.8) is 0 Å². The van der Waals surface area contributed by atoms with Crippen molar-refractivity contribution in [2.24, 2.45) is 0 Å². The minimum Gasteiger partial charge on any atom is -0.462 e. The van der Waals surface area contributed by atoms with Crippen molar-refractivity contribution >= 4 is 31.1 Å². The third kappa shape index (κ3) is 6.70. The van der Waals surface area contributed by atoms with Crippen LogP contribution in [-0.2, 0) is 23.4 Å². The molecule has 1 aromatic heterocycles. The fraction of sp³-hybridized carbons (Fsp3) is 0.435. The van der Waals surface area contributed by atoms with E-state index in [9.17, 15) is 19.3 Å². The number of terminal acetylenes is 1. The van der Waals surface area contributed by atoms with E-state index < -0.39 is 61.5 Å². The van der Waals surface area contributed by atoms with Crippen LogP contribution < -0.4 is 21.0 Å². The van der Waals surface area contributed by atoms with Crippen LogP contribution in [0.25, 0.3) is 0 Å². The molecule has 1 aliphatic rings. The Balaban J connectivity index is 1.83. The largest absolute Gasteiger partial charge is 0.462 e. The number of esters is 1. The number of aliphatic hydroxyl groups is 1. The van der Waals surface area contributed by atoms with Gasteiger partial charge in [-0.2, -0.15) is 10.1 Å². The van der Waals surface area contributed by atoms with Gasteiger partial charge in [-0.25, -0.2) is 9.36 Å². The molecular formula is C23H28ClN4O8P. The molecule has 0 saturated carbocycles. The second-order valence-corrected chi connectivity index (χ2v) is 10.8. The molecule has 0 bridgehead atoms. The first kappa shape index (κ1) is 28.7. The summed E-state index contributed by atoms with van der Waals surface area (Å²) in [6.45, 7) is 4.22. The number of nitrogens with two attached hydrogens (primary N) is 1. The third-order valence-electron chi connectivity index (χ3n) is 5.21. The van der Waals surface area contributed by atoms with E-state index in [1.165, 1.54) is 31.3 Å². The van der Waals surface area contributed by atoms with Gasteiger partial charge in [0.15, 0.2) is 11.1 Å². The summed E-state index contributed by atoms with van der Waals surface area (Å²) in [5.74, 6) is 1.72. The summed E-state index contributed by atoms with van der Waals surface area (Å²) in [5, 5.41) is 13.4. The number of anilines is 1. The molecule has 37 heavy (non-hydrogen) atoms. The van der Waals surface area contributed by atoms with E-state index in [1.54, 1.807) is 32.0 Å². The molecule has 1 aromatic carbocycles. The maximum absolute atomic E-state index is 13.7. The zero-order valence-electron chi connectivity index (χ0n) is 20.3. The summed E-state index contributed by atoms with van der Waals surface area (Å²) < 4.78 is 36.7. The Morgan fingerprint density at radius 3 is 2.65 bits per heavy atom. The van der Waals surface area contributed by atoms with Crippen LogP contribution in [0.5, 0.6) is 5.75 Å². The van der Waals surface area contributed by atoms with Crippen molar-refractivity contribution in [1.29, 1.82) is 0 Å². The number of nitrogens with zero attached hydrogens (tertiary/aromatic N) is 2. The van der Waals surface area contributed by atoms with E-state index in [4.69, 9.17) is 42.3 Å². The number of para-hydroxylation sites is 1. The van der Waals surface area contributed by atoms with Gasteiger partial charge >= 0.3 is 19.4 Å². The van der Waals surface area contributed by atoms with Gasteiger partial charge in [-0.05, 0) is 39.0 Å². The SMILES string of the molecule is C#CC1(Cl)[C@@H](O)[C@@H](COP(=O)(N[C@@H](C)C(=O)OC(C)C)Oc2ccccc2)O[C@H]1n1ccc(N)nc1=O. The number of nitrogen functional groups attached to an aromatic ring is 1. The maximum Gasteiger partial charge on any atom is 0.459 e. The molecule has 6 atom stereocenters. The lowest BCUT2D eigenvalue weighted by molar-refractivity contribution is -0.149. The van der Waals surface area contributed by atoms with Crippen molar-refractivity contribution < 1.29 is 33.0 Å². The average Bonchev–Trinajstić information content (AvgIpc) is 3.08. The van der Waals surface area contributed by atoms with Gasteiger partial charge in [0.05, 0.1) is 12.7 Å². The summed E-state index contributed by atoms with van der Waals surface area (Å²) >= 11 is 6.50. The van der Waals surface area contributed by atoms with Crippen LogP contribution in [0.3, 0.4) is 0 Å². The van der Waals surface area contributed by atoms with Gasteiger partial charge in [-0.3, -0.25) is 13.9 Å². The minimum absolute atomic E-state index is 0.0317. The third-order valence-corrected chi connectivity index (χ3v) is 7.37. The molecule has 3 rings (SSSR count). The minimum atomic E-state index is -4.27. The number of aliphatic hydroxyl groups excluding tert-OH is 1. The van der Waals surface area contributed by atoms with E-state index >= 15 is 0 Å². The van der Waals surface area contributed by atoms with E-state index in [-0.39, 0.29) is 11.6 Å². The Kier molecular flexibility index (Phi) is 9.02. The average molecular weight is 555 g/mol. The van der Waals surface area contributed by atoms with Crippen LogP contribution in [0.15, 0.2) is 47.4 Å². The van der Waals surface area contributed by atoms with E-state index in [0.717, 1.165) is 4.57 Å². The van der Waals surface area contributed by atoms with Crippen molar-refractivity contribution in [3.8, 4) is 18.1 Å². The highest BCUT2D eigenvalue weighted by atomic mass is 35.5. The lowest BCUT2D eigenvalue weighted by Crippen LogP contribution is -2.43. The summed E-state index contributed by atoms with van der Waals surface area (Å²) in [4.78, 5) is 26.4. The van der Waals surface area contributed by atoms with Crippen LogP contribution in [0, 0.1) is 12.3 Å². The number of hydrogen-bond acceptors (Lipinski definition) is 10. The fourth-order valence-corrected chi connectivity index (χ4v) is 5.22. The molecule has 12 nitrogen and oxygen atoms in total. The molecule has 1 fully saturated rings. The van der Waals surface area contributed by atoms with Crippen LogP contribution in [0.1, 0.15) is 27.0 Å². The van der Waals surface area contributed by atoms with Gasteiger partial charge < -0.3 is 24.8 Å². The second kappa shape index (κ2) is 11.6. The lowest BCUT2D eigenvalue weighted by Gasteiger charge is -2.26. The molecule has 1 aliphatic heterocycles. The molecule has 0 spiro atoms. The van der Waals surface area contributed by atoms with Gasteiger partial charge in [0.2, 0.25) is 0 Å². The number of nitrogens with one attached hydrogen (secondary N) is 1. The number of benzene rings is 1. The zero-order valence-corrected chi connectivity index (χ0v) is 22.0. The zero-order chi connectivity index (χ0) is 27.4. The molecule has 1 saturated heterocycles. The number of aromatic nitrogens is 2. The smallest absolute Gasteiger partial charge is 0.459 e. The van der Waals surface area contributed by atoms with Crippen molar-refractivity contribution in [2.45, 2.75) is 56.2 Å². The number of alkyl halides is 1. The molecule has 2 unspecified atom stereocenters. The van der Waals surface area contributed by atoms with Gasteiger partial charge in [0.1, 0.15) is 29.8 Å². The number of rotatable bonds is 10. The predicted molar refractivity (Wildman–Crippen MR) is 135 cm³/mol. The van der Waals surface area contributed by atoms with Crippen LogP contribution in [-0.4, -0.2) is 56.5 Å². The van der Waals surface area contributed by atoms with Crippen molar-refractivity contribution in [3.05, 3.63) is 53.1 Å². The van der Waals surface area contributed by atoms with Gasteiger partial charge in [-0.15, -0.1) is 6.42 Å². The predicted octanol–water partition coefficient (Wildman–Crippen LogP) is 1.83. The Morgan fingerprint density at radius 2 is 2.05 bits per heavy atom. The van der Waals surface area contributed by atoms with Gasteiger partial charge in [-0.1, -0.05) is 35.7 Å². The first-order valence-electron chi connectivity index (χ1n) is 11.2. The highest BCUT2D eigenvalue weighted by Gasteiger charge is 2.56. The van der Waals surface area contributed by atoms with E-state index in [1.807, 2.05) is 0 Å². The molecule has 14 heteroatoms. The molecule has 0 radical (unpaired) electrons. The van der Waals surface area contributed by atoms with E-state index in [2.05, 4.69) is 16.0 Å². The Bertz CT molecular complexity index is 1250. The molecule has 4 N–H and O–H groups in total. The second-order valence-electron chi connectivity index (χ2n) is 8.46. The lowest BCUT2D eigenvalue weighted by atomic mass is 9.99. The molecular weight excluding hydrogens is 527 g/mol. The Labute approximate surface area is 218 Å². The number of hydrogen-bond donors (Lipinski definition) is 3. The summed E-state index contributed by atoms with van der Waals surface area (Å²) in [6.07, 6.45) is 2.27. The van der Waals surface area contributed by atoms with Crippen LogP contribution in [0.2, 0.25) is 0 Å². The Hall–Kier alpha value is -2.91. The maximum atomic E-state index is 13.7. The van der Waals surface area contributed by atoms with Crippen LogP contribution in [0.4, 0.5) is 5.82 Å². The van der Waals surface area contributed by atoms with Crippen molar-refractivity contribution in [1.82, 2.24) is 14.6 Å². The molecule has 2 aromatic rings. The fourth-order valence-electron chi connectivity index (χ4n) is 3.42. The molecule has 200 valence electrons. The number of ether oxygens (including phenoxy) is 2.